The van der Waals surface area contributed by atoms with Gasteiger partial charge in [-0.1, -0.05) is 12.1 Å². The van der Waals surface area contributed by atoms with Crippen molar-refractivity contribution >= 4 is 22.6 Å². The van der Waals surface area contributed by atoms with Crippen LogP contribution in [0.4, 0.5) is 5.69 Å². The summed E-state index contributed by atoms with van der Waals surface area (Å²) < 4.78 is 5.10. The lowest BCUT2D eigenvalue weighted by Gasteiger charge is -2.02. The Bertz CT molecular complexity index is 613. The highest BCUT2D eigenvalue weighted by Gasteiger charge is 2.06. The molecule has 0 saturated carbocycles. The first kappa shape index (κ1) is 10.4. The molecule has 0 bridgehead atoms. The molecule has 4 nitrogen and oxygen atoms in total. The van der Waals surface area contributed by atoms with Gasteiger partial charge in [0.1, 0.15) is 11.3 Å². The molecule has 0 spiro atoms. The standard InChI is InChI=1S/C12H11NO3/c1-7-3-4-9-6-10(13-8(2)14)12(15)16-11(9)5-7/h3-6H,1-2H3,(H,13,14). The van der Waals surface area contributed by atoms with Crippen LogP contribution >= 0.6 is 0 Å². The van der Waals surface area contributed by atoms with E-state index in [0.717, 1.165) is 10.9 Å². The molecule has 2 rings (SSSR count). The van der Waals surface area contributed by atoms with Crippen molar-refractivity contribution in [3.63, 3.8) is 0 Å². The third-order valence-electron chi connectivity index (χ3n) is 2.20. The number of nitrogens with one attached hydrogen (secondary N) is 1. The van der Waals surface area contributed by atoms with E-state index in [2.05, 4.69) is 5.32 Å². The maximum absolute atomic E-state index is 11.5. The van der Waals surface area contributed by atoms with E-state index in [1.807, 2.05) is 19.1 Å². The molecule has 16 heavy (non-hydrogen) atoms. The highest BCUT2D eigenvalue weighted by atomic mass is 16.4. The highest BCUT2D eigenvalue weighted by molar-refractivity contribution is 5.90. The molecule has 0 aliphatic carbocycles. The third-order valence-corrected chi connectivity index (χ3v) is 2.20. The van der Waals surface area contributed by atoms with Crippen molar-refractivity contribution in [3.8, 4) is 0 Å². The minimum atomic E-state index is -0.534. The largest absolute Gasteiger partial charge is 0.421 e. The van der Waals surface area contributed by atoms with E-state index >= 15 is 0 Å². The number of hydrogen-bond acceptors (Lipinski definition) is 3. The smallest absolute Gasteiger partial charge is 0.360 e. The van der Waals surface area contributed by atoms with Crippen LogP contribution in [0.1, 0.15) is 12.5 Å². The van der Waals surface area contributed by atoms with E-state index in [-0.39, 0.29) is 11.6 Å². The van der Waals surface area contributed by atoms with Gasteiger partial charge in [0.2, 0.25) is 5.91 Å². The number of rotatable bonds is 1. The van der Waals surface area contributed by atoms with Gasteiger partial charge in [-0.3, -0.25) is 4.79 Å². The van der Waals surface area contributed by atoms with Crippen molar-refractivity contribution in [2.24, 2.45) is 0 Å². The monoisotopic (exact) mass is 217 g/mol. The molecule has 1 heterocycles. The lowest BCUT2D eigenvalue weighted by molar-refractivity contribution is -0.114. The van der Waals surface area contributed by atoms with Crippen LogP contribution in [0.2, 0.25) is 0 Å². The van der Waals surface area contributed by atoms with Gasteiger partial charge in [-0.15, -0.1) is 0 Å². The Labute approximate surface area is 91.9 Å². The average molecular weight is 217 g/mol. The first-order chi connectivity index (χ1) is 7.56. The maximum Gasteiger partial charge on any atom is 0.360 e. The molecule has 0 atom stereocenters. The zero-order chi connectivity index (χ0) is 11.7. The molecular formula is C12H11NO3. The van der Waals surface area contributed by atoms with E-state index in [0.29, 0.717) is 5.58 Å². The summed E-state index contributed by atoms with van der Waals surface area (Å²) in [6.07, 6.45) is 0. The second kappa shape index (κ2) is 3.81. The van der Waals surface area contributed by atoms with Crippen molar-refractivity contribution in [1.82, 2.24) is 0 Å². The summed E-state index contributed by atoms with van der Waals surface area (Å²) in [6.45, 7) is 3.26. The normalized spacial score (nSPS) is 10.4. The van der Waals surface area contributed by atoms with E-state index in [1.165, 1.54) is 6.92 Å². The SMILES string of the molecule is CC(=O)Nc1cc2ccc(C)cc2oc1=O. The van der Waals surface area contributed by atoms with Gasteiger partial charge in [-0.05, 0) is 24.6 Å². The van der Waals surface area contributed by atoms with E-state index < -0.39 is 5.63 Å². The van der Waals surface area contributed by atoms with Crippen molar-refractivity contribution < 1.29 is 9.21 Å². The van der Waals surface area contributed by atoms with Crippen molar-refractivity contribution in [2.75, 3.05) is 5.32 Å². The van der Waals surface area contributed by atoms with E-state index in [9.17, 15) is 9.59 Å². The molecule has 1 aromatic carbocycles. The predicted molar refractivity (Wildman–Crippen MR) is 61.5 cm³/mol. The Hall–Kier alpha value is -2.10. The molecule has 4 heteroatoms. The first-order valence-electron chi connectivity index (χ1n) is 4.88. The van der Waals surface area contributed by atoms with Gasteiger partial charge in [0, 0.05) is 12.3 Å². The predicted octanol–water partition coefficient (Wildman–Crippen LogP) is 2.06. The molecule has 1 N–H and O–H groups in total. The van der Waals surface area contributed by atoms with Crippen LogP contribution in [0.15, 0.2) is 33.5 Å². The molecule has 0 radical (unpaired) electrons. The van der Waals surface area contributed by atoms with Gasteiger partial charge < -0.3 is 9.73 Å². The summed E-state index contributed by atoms with van der Waals surface area (Å²) in [5, 5.41) is 3.22. The minimum absolute atomic E-state index is 0.170. The lowest BCUT2D eigenvalue weighted by Crippen LogP contribution is -2.14. The van der Waals surface area contributed by atoms with E-state index in [1.54, 1.807) is 12.1 Å². The Kier molecular flexibility index (Phi) is 2.48. The number of amides is 1. The van der Waals surface area contributed by atoms with Crippen LogP contribution in [-0.2, 0) is 4.79 Å². The fourth-order valence-electron chi connectivity index (χ4n) is 1.50. The lowest BCUT2D eigenvalue weighted by atomic mass is 10.1. The quantitative estimate of drug-likeness (QED) is 0.744. The van der Waals surface area contributed by atoms with Gasteiger partial charge in [-0.2, -0.15) is 0 Å². The van der Waals surface area contributed by atoms with Crippen LogP contribution < -0.4 is 10.9 Å². The Morgan fingerprint density at radius 1 is 1.31 bits per heavy atom. The fourth-order valence-corrected chi connectivity index (χ4v) is 1.50. The topological polar surface area (TPSA) is 59.3 Å². The van der Waals surface area contributed by atoms with Crippen molar-refractivity contribution in [3.05, 3.63) is 40.2 Å². The summed E-state index contributed by atoms with van der Waals surface area (Å²) in [5.41, 5.74) is 1.18. The molecule has 0 aliphatic rings. The molecule has 0 unspecified atom stereocenters. The van der Waals surface area contributed by atoms with Crippen molar-refractivity contribution in [1.29, 1.82) is 0 Å². The second-order valence-corrected chi connectivity index (χ2v) is 3.67. The Balaban J connectivity index is 2.63. The number of benzene rings is 1. The van der Waals surface area contributed by atoms with Gasteiger partial charge >= 0.3 is 5.63 Å². The maximum atomic E-state index is 11.5. The molecule has 1 amide bonds. The Morgan fingerprint density at radius 3 is 2.75 bits per heavy atom. The van der Waals surface area contributed by atoms with Crippen LogP contribution in [-0.4, -0.2) is 5.91 Å². The molecule has 0 fully saturated rings. The van der Waals surface area contributed by atoms with Gasteiger partial charge in [0.05, 0.1) is 0 Å². The molecule has 1 aromatic heterocycles. The molecule has 82 valence electrons. The minimum Gasteiger partial charge on any atom is -0.421 e. The summed E-state index contributed by atoms with van der Waals surface area (Å²) in [5.74, 6) is -0.293. The molecule has 0 aliphatic heterocycles. The first-order valence-corrected chi connectivity index (χ1v) is 4.88. The van der Waals surface area contributed by atoms with Gasteiger partial charge in [-0.25, -0.2) is 4.79 Å². The Morgan fingerprint density at radius 2 is 2.06 bits per heavy atom. The summed E-state index contributed by atoms with van der Waals surface area (Å²) in [4.78, 5) is 22.4. The number of fused-ring (bicyclic) bond motifs is 1. The van der Waals surface area contributed by atoms with E-state index in [4.69, 9.17) is 4.42 Å². The van der Waals surface area contributed by atoms with Crippen LogP contribution in [0, 0.1) is 6.92 Å². The molecular weight excluding hydrogens is 206 g/mol. The number of aryl methyl sites for hydroxylation is 1. The summed E-state index contributed by atoms with van der Waals surface area (Å²) >= 11 is 0. The molecule has 0 saturated heterocycles. The number of anilines is 1. The number of carbonyl (C=O) groups excluding carboxylic acids is 1. The van der Waals surface area contributed by atoms with Gasteiger partial charge in [0.25, 0.3) is 0 Å². The van der Waals surface area contributed by atoms with Crippen molar-refractivity contribution in [2.45, 2.75) is 13.8 Å². The average Bonchev–Trinajstić information content (AvgIpc) is 2.19. The molecule has 2 aromatic rings. The second-order valence-electron chi connectivity index (χ2n) is 3.67. The van der Waals surface area contributed by atoms with Crippen LogP contribution in [0.5, 0.6) is 0 Å². The number of carbonyl (C=O) groups is 1. The fraction of sp³-hybridized carbons (Fsp3) is 0.167. The third kappa shape index (κ3) is 1.95. The zero-order valence-corrected chi connectivity index (χ0v) is 9.03. The summed E-state index contributed by atoms with van der Waals surface area (Å²) in [6, 6.07) is 7.16. The number of hydrogen-bond donors (Lipinski definition) is 1. The van der Waals surface area contributed by atoms with Crippen LogP contribution in [0.3, 0.4) is 0 Å². The van der Waals surface area contributed by atoms with Crippen LogP contribution in [0.25, 0.3) is 11.0 Å². The zero-order valence-electron chi connectivity index (χ0n) is 9.03. The summed E-state index contributed by atoms with van der Waals surface area (Å²) in [7, 11) is 0. The van der Waals surface area contributed by atoms with Gasteiger partial charge in [0.15, 0.2) is 0 Å². The highest BCUT2D eigenvalue weighted by Crippen LogP contribution is 2.16.